The largest absolute Gasteiger partial charge is 0.310 e. The summed E-state index contributed by atoms with van der Waals surface area (Å²) in [5.41, 5.74) is 1.42. The highest BCUT2D eigenvalue weighted by Gasteiger charge is 2.12. The minimum atomic E-state index is 0.520. The van der Waals surface area contributed by atoms with E-state index < -0.39 is 0 Å². The first-order valence-corrected chi connectivity index (χ1v) is 6.06. The van der Waals surface area contributed by atoms with E-state index in [1.807, 2.05) is 0 Å². The van der Waals surface area contributed by atoms with Crippen molar-refractivity contribution in [3.63, 3.8) is 0 Å². The van der Waals surface area contributed by atoms with Gasteiger partial charge in [0.05, 0.1) is 0 Å². The van der Waals surface area contributed by atoms with Gasteiger partial charge in [0.25, 0.3) is 0 Å². The summed E-state index contributed by atoms with van der Waals surface area (Å²) in [6.07, 6.45) is 2.49. The molecule has 0 aliphatic rings. The molecule has 1 N–H and O–H groups in total. The lowest BCUT2D eigenvalue weighted by Gasteiger charge is -2.21. The van der Waals surface area contributed by atoms with Crippen molar-refractivity contribution in [3.8, 4) is 0 Å². The van der Waals surface area contributed by atoms with Crippen LogP contribution in [0.1, 0.15) is 45.2 Å². The van der Waals surface area contributed by atoms with E-state index in [-0.39, 0.29) is 0 Å². The molecule has 1 heteroatoms. The molecule has 0 radical (unpaired) electrons. The molecule has 0 saturated heterocycles. The summed E-state index contributed by atoms with van der Waals surface area (Å²) in [5, 5.41) is 3.56. The summed E-state index contributed by atoms with van der Waals surface area (Å²) < 4.78 is 0. The molecule has 0 aliphatic carbocycles. The molecule has 0 heterocycles. The predicted octanol–water partition coefficient (Wildman–Crippen LogP) is 3.77. The van der Waals surface area contributed by atoms with Crippen LogP contribution in [-0.4, -0.2) is 6.54 Å². The number of benzene rings is 1. The highest BCUT2D eigenvalue weighted by Crippen LogP contribution is 2.22. The van der Waals surface area contributed by atoms with Crippen LogP contribution in [0.3, 0.4) is 0 Å². The molecule has 0 saturated carbocycles. The fraction of sp³-hybridized carbons (Fsp3) is 0.571. The van der Waals surface area contributed by atoms with Crippen molar-refractivity contribution in [2.75, 3.05) is 6.54 Å². The molecule has 0 amide bonds. The molecule has 0 aliphatic heterocycles. The molecule has 1 rings (SSSR count). The van der Waals surface area contributed by atoms with Gasteiger partial charge in [-0.25, -0.2) is 0 Å². The van der Waals surface area contributed by atoms with Crippen molar-refractivity contribution in [1.29, 1.82) is 0 Å². The predicted molar refractivity (Wildman–Crippen MR) is 66.9 cm³/mol. The van der Waals surface area contributed by atoms with Crippen molar-refractivity contribution in [3.05, 3.63) is 35.9 Å². The number of nitrogens with one attached hydrogen (secondary N) is 1. The van der Waals surface area contributed by atoms with Crippen LogP contribution in [0, 0.1) is 5.92 Å². The van der Waals surface area contributed by atoms with Gasteiger partial charge in [-0.2, -0.15) is 0 Å². The van der Waals surface area contributed by atoms with Crippen LogP contribution in [0.2, 0.25) is 0 Å². The number of rotatable bonds is 6. The molecule has 2 unspecified atom stereocenters. The van der Waals surface area contributed by atoms with Crippen molar-refractivity contribution in [1.82, 2.24) is 5.32 Å². The fourth-order valence-electron chi connectivity index (χ4n) is 1.84. The first-order chi connectivity index (χ1) is 7.27. The van der Waals surface area contributed by atoms with Gasteiger partial charge in [0.2, 0.25) is 0 Å². The quantitative estimate of drug-likeness (QED) is 0.745. The average Bonchev–Trinajstić information content (AvgIpc) is 2.29. The molecule has 0 bridgehead atoms. The number of hydrogen-bond donors (Lipinski definition) is 1. The Balaban J connectivity index is 2.65. The minimum Gasteiger partial charge on any atom is -0.310 e. The smallest absolute Gasteiger partial charge is 0.0322 e. The second kappa shape index (κ2) is 6.62. The molecular formula is C14H23N. The van der Waals surface area contributed by atoms with Gasteiger partial charge in [-0.1, -0.05) is 57.5 Å². The van der Waals surface area contributed by atoms with E-state index in [9.17, 15) is 0 Å². The summed E-state index contributed by atoms with van der Waals surface area (Å²) in [5.74, 6) is 0.786. The van der Waals surface area contributed by atoms with Crippen LogP contribution in [0.5, 0.6) is 0 Å². The van der Waals surface area contributed by atoms with Crippen molar-refractivity contribution >= 4 is 0 Å². The van der Waals surface area contributed by atoms with Crippen molar-refractivity contribution < 1.29 is 0 Å². The van der Waals surface area contributed by atoms with Gasteiger partial charge in [0.15, 0.2) is 0 Å². The molecular weight excluding hydrogens is 182 g/mol. The summed E-state index contributed by atoms with van der Waals surface area (Å²) in [4.78, 5) is 0. The summed E-state index contributed by atoms with van der Waals surface area (Å²) in [6.45, 7) is 7.80. The molecule has 0 fully saturated rings. The second-order valence-corrected chi connectivity index (χ2v) is 4.27. The Bertz CT molecular complexity index is 255. The fourth-order valence-corrected chi connectivity index (χ4v) is 1.84. The zero-order valence-electron chi connectivity index (χ0n) is 10.2. The molecule has 15 heavy (non-hydrogen) atoms. The molecule has 1 aromatic rings. The van der Waals surface area contributed by atoms with E-state index >= 15 is 0 Å². The zero-order valence-corrected chi connectivity index (χ0v) is 10.2. The van der Waals surface area contributed by atoms with Crippen LogP contribution in [0.15, 0.2) is 30.3 Å². The topological polar surface area (TPSA) is 12.0 Å². The van der Waals surface area contributed by atoms with Gasteiger partial charge in [-0.05, 0) is 24.4 Å². The van der Waals surface area contributed by atoms with Crippen molar-refractivity contribution in [2.45, 2.75) is 39.7 Å². The van der Waals surface area contributed by atoms with Crippen LogP contribution in [0.25, 0.3) is 0 Å². The Morgan fingerprint density at radius 2 is 1.80 bits per heavy atom. The van der Waals surface area contributed by atoms with Crippen LogP contribution >= 0.6 is 0 Å². The first-order valence-electron chi connectivity index (χ1n) is 6.06. The third kappa shape index (κ3) is 4.05. The molecule has 2 atom stereocenters. The van der Waals surface area contributed by atoms with E-state index in [4.69, 9.17) is 0 Å². The molecule has 1 aromatic carbocycles. The van der Waals surface area contributed by atoms with E-state index in [0.717, 1.165) is 12.5 Å². The third-order valence-electron chi connectivity index (χ3n) is 2.99. The normalized spacial score (nSPS) is 14.9. The lowest BCUT2D eigenvalue weighted by atomic mass is 9.94. The van der Waals surface area contributed by atoms with E-state index in [1.54, 1.807) is 0 Å². The molecule has 0 spiro atoms. The van der Waals surface area contributed by atoms with Crippen LogP contribution in [0.4, 0.5) is 0 Å². The second-order valence-electron chi connectivity index (χ2n) is 4.27. The first kappa shape index (κ1) is 12.3. The molecule has 0 aromatic heterocycles. The lowest BCUT2D eigenvalue weighted by molar-refractivity contribution is 0.408. The Hall–Kier alpha value is -0.820. The maximum Gasteiger partial charge on any atom is 0.0322 e. The Morgan fingerprint density at radius 3 is 2.33 bits per heavy atom. The average molecular weight is 205 g/mol. The summed E-state index contributed by atoms with van der Waals surface area (Å²) in [6, 6.07) is 11.3. The van der Waals surface area contributed by atoms with E-state index in [1.165, 1.54) is 18.4 Å². The summed E-state index contributed by atoms with van der Waals surface area (Å²) in [7, 11) is 0. The van der Waals surface area contributed by atoms with Gasteiger partial charge in [-0.15, -0.1) is 0 Å². The monoisotopic (exact) mass is 205 g/mol. The number of hydrogen-bond acceptors (Lipinski definition) is 1. The summed E-state index contributed by atoms with van der Waals surface area (Å²) >= 11 is 0. The highest BCUT2D eigenvalue weighted by molar-refractivity contribution is 5.18. The van der Waals surface area contributed by atoms with Crippen molar-refractivity contribution in [2.24, 2.45) is 5.92 Å². The Kier molecular flexibility index (Phi) is 5.41. The van der Waals surface area contributed by atoms with Gasteiger partial charge in [-0.3, -0.25) is 0 Å². The third-order valence-corrected chi connectivity index (χ3v) is 2.99. The molecule has 1 nitrogen and oxygen atoms in total. The Labute approximate surface area is 93.9 Å². The van der Waals surface area contributed by atoms with Gasteiger partial charge in [0, 0.05) is 6.04 Å². The van der Waals surface area contributed by atoms with Gasteiger partial charge < -0.3 is 5.32 Å². The maximum atomic E-state index is 3.56. The zero-order chi connectivity index (χ0) is 11.1. The van der Waals surface area contributed by atoms with Gasteiger partial charge in [0.1, 0.15) is 0 Å². The van der Waals surface area contributed by atoms with Crippen LogP contribution in [-0.2, 0) is 0 Å². The van der Waals surface area contributed by atoms with Crippen LogP contribution < -0.4 is 5.32 Å². The lowest BCUT2D eigenvalue weighted by Crippen LogP contribution is -2.22. The standard InChI is InChI=1S/C14H23N/c1-4-12(3)11-14(15-5-2)13-9-7-6-8-10-13/h6-10,12,14-15H,4-5,11H2,1-3H3. The molecule has 84 valence electrons. The van der Waals surface area contributed by atoms with E-state index in [2.05, 4.69) is 56.4 Å². The SMILES string of the molecule is CCNC(CC(C)CC)c1ccccc1. The van der Waals surface area contributed by atoms with Gasteiger partial charge >= 0.3 is 0 Å². The van der Waals surface area contributed by atoms with E-state index in [0.29, 0.717) is 6.04 Å². The Morgan fingerprint density at radius 1 is 1.13 bits per heavy atom. The minimum absolute atomic E-state index is 0.520. The highest BCUT2D eigenvalue weighted by atomic mass is 14.9. The maximum absolute atomic E-state index is 3.56.